The van der Waals surface area contributed by atoms with Gasteiger partial charge in [0.25, 0.3) is 0 Å². The number of hydrogen-bond donors (Lipinski definition) is 3. The van der Waals surface area contributed by atoms with E-state index in [9.17, 15) is 29.7 Å². The van der Waals surface area contributed by atoms with Crippen LogP contribution in [0.5, 0.6) is 5.75 Å². The lowest BCUT2D eigenvalue weighted by Crippen LogP contribution is -2.40. The van der Waals surface area contributed by atoms with Gasteiger partial charge in [-0.15, -0.1) is 0 Å². The number of methoxy groups -OCH3 is 2. The molecule has 9 nitrogen and oxygen atoms in total. The van der Waals surface area contributed by atoms with E-state index >= 15 is 0 Å². The second-order valence-electron chi connectivity index (χ2n) is 10.2. The van der Waals surface area contributed by atoms with Crippen LogP contribution in [-0.4, -0.2) is 71.7 Å². The molecule has 2 aliphatic rings. The molecule has 208 valence electrons. The average Bonchev–Trinajstić information content (AvgIpc) is 3.13. The number of amides is 3. The summed E-state index contributed by atoms with van der Waals surface area (Å²) in [4.78, 5) is 38.7. The molecule has 1 aromatic carbocycles. The number of aryl methyl sites for hydroxylation is 2. The van der Waals surface area contributed by atoms with E-state index in [4.69, 9.17) is 4.74 Å². The van der Waals surface area contributed by atoms with E-state index in [0.29, 0.717) is 28.9 Å². The van der Waals surface area contributed by atoms with E-state index in [0.717, 1.165) is 42.2 Å². The molecule has 38 heavy (non-hydrogen) atoms. The van der Waals surface area contributed by atoms with E-state index in [1.165, 1.54) is 7.11 Å². The number of rotatable bonds is 10. The van der Waals surface area contributed by atoms with Crippen molar-refractivity contribution in [3.63, 3.8) is 0 Å². The number of nitrogens with zero attached hydrogens (tertiary/aromatic N) is 1. The maximum absolute atomic E-state index is 13.1. The van der Waals surface area contributed by atoms with Crippen LogP contribution in [0.2, 0.25) is 0 Å². The van der Waals surface area contributed by atoms with Crippen molar-refractivity contribution in [3.8, 4) is 5.75 Å². The summed E-state index contributed by atoms with van der Waals surface area (Å²) in [5.74, 6) is -3.68. The Balaban J connectivity index is 1.89. The molecule has 3 rings (SSSR count). The molecule has 0 radical (unpaired) electrons. The number of aliphatic hydroxyl groups is 2. The summed E-state index contributed by atoms with van der Waals surface area (Å²) in [6.07, 6.45) is 2.87. The van der Waals surface area contributed by atoms with Gasteiger partial charge in [-0.05, 0) is 79.5 Å². The smallest absolute Gasteiger partial charge is 0.423 e. The van der Waals surface area contributed by atoms with Gasteiger partial charge in [-0.25, -0.2) is 4.79 Å². The predicted octanol–water partition coefficient (Wildman–Crippen LogP) is 3.66. The number of aromatic hydroxyl groups is 1. The van der Waals surface area contributed by atoms with Crippen molar-refractivity contribution in [2.75, 3.05) is 27.4 Å². The van der Waals surface area contributed by atoms with Crippen molar-refractivity contribution in [2.24, 2.45) is 17.8 Å². The zero-order valence-corrected chi connectivity index (χ0v) is 22.8. The van der Waals surface area contributed by atoms with Crippen molar-refractivity contribution >= 4 is 24.0 Å². The lowest BCUT2D eigenvalue weighted by Gasteiger charge is -2.36. The maximum atomic E-state index is 13.1. The second-order valence-corrected chi connectivity index (χ2v) is 10.2. The van der Waals surface area contributed by atoms with Crippen molar-refractivity contribution in [2.45, 2.75) is 59.0 Å². The van der Waals surface area contributed by atoms with E-state index < -0.39 is 48.4 Å². The molecule has 0 unspecified atom stereocenters. The number of benzene rings is 1. The van der Waals surface area contributed by atoms with Gasteiger partial charge in [-0.3, -0.25) is 9.59 Å². The minimum absolute atomic E-state index is 0.134. The number of carbonyl (C=O) groups excluding carboxylic acids is 3. The molecule has 3 amide bonds. The molecular weight excluding hydrogens is 490 g/mol. The van der Waals surface area contributed by atoms with Gasteiger partial charge >= 0.3 is 6.09 Å². The van der Waals surface area contributed by atoms with Crippen LogP contribution in [0.1, 0.15) is 55.7 Å². The van der Waals surface area contributed by atoms with Crippen LogP contribution in [0.25, 0.3) is 6.08 Å². The van der Waals surface area contributed by atoms with Crippen LogP contribution in [-0.2, 0) is 19.1 Å². The molecule has 1 aliphatic heterocycles. The molecule has 0 saturated carbocycles. The highest BCUT2D eigenvalue weighted by atomic mass is 16.5. The zero-order valence-electron chi connectivity index (χ0n) is 22.8. The van der Waals surface area contributed by atoms with Crippen LogP contribution in [0.15, 0.2) is 28.9 Å². The largest absolute Gasteiger partial charge is 0.507 e. The first-order valence-electron chi connectivity index (χ1n) is 13.0. The van der Waals surface area contributed by atoms with Crippen molar-refractivity contribution < 1.29 is 39.2 Å². The van der Waals surface area contributed by atoms with Gasteiger partial charge in [-0.2, -0.15) is 4.90 Å². The van der Waals surface area contributed by atoms with Crippen LogP contribution in [0.4, 0.5) is 4.79 Å². The standard InChI is InChI=1S/C29H39NO8/c1-6-7-18(12-19-10-16(2)26(33)17(3)11-19)8-9-23(32)24-20(15-37-4)13-21-25(22(24)14-31)28(35)30(27(21)34)29(36)38-5/h10-12,21-23,25,31-33H,6-9,13-15H2,1-5H3/b18-12+/t21-,22+,23-,25-/m1/s1. The third-order valence-electron chi connectivity index (χ3n) is 7.61. The Labute approximate surface area is 223 Å². The molecule has 3 N–H and O–H groups in total. The summed E-state index contributed by atoms with van der Waals surface area (Å²) in [6, 6.07) is 3.85. The van der Waals surface area contributed by atoms with Gasteiger partial charge < -0.3 is 24.8 Å². The molecule has 1 fully saturated rings. The van der Waals surface area contributed by atoms with Gasteiger partial charge in [0.1, 0.15) is 5.75 Å². The zero-order chi connectivity index (χ0) is 28.1. The number of phenolic OH excluding ortho intramolecular Hbond substituents is 1. The molecule has 1 heterocycles. The van der Waals surface area contributed by atoms with Gasteiger partial charge in [-0.1, -0.05) is 25.0 Å². The van der Waals surface area contributed by atoms with Crippen molar-refractivity contribution in [3.05, 3.63) is 45.5 Å². The number of hydrogen-bond acceptors (Lipinski definition) is 8. The summed E-state index contributed by atoms with van der Waals surface area (Å²) in [7, 11) is 2.60. The molecule has 1 aromatic rings. The third kappa shape index (κ3) is 5.85. The lowest BCUT2D eigenvalue weighted by atomic mass is 9.68. The topological polar surface area (TPSA) is 134 Å². The van der Waals surface area contributed by atoms with Gasteiger partial charge in [0, 0.05) is 13.0 Å². The monoisotopic (exact) mass is 529 g/mol. The van der Waals surface area contributed by atoms with Gasteiger partial charge in [0.2, 0.25) is 11.8 Å². The molecule has 1 aliphatic carbocycles. The second kappa shape index (κ2) is 12.7. The highest BCUT2D eigenvalue weighted by Crippen LogP contribution is 2.46. The highest BCUT2D eigenvalue weighted by molar-refractivity contribution is 6.16. The predicted molar refractivity (Wildman–Crippen MR) is 141 cm³/mol. The Morgan fingerprint density at radius 1 is 1.16 bits per heavy atom. The molecule has 4 atom stereocenters. The number of carbonyl (C=O) groups is 3. The first-order valence-corrected chi connectivity index (χ1v) is 13.0. The van der Waals surface area contributed by atoms with Crippen LogP contribution in [0.3, 0.4) is 0 Å². The minimum Gasteiger partial charge on any atom is -0.507 e. The van der Waals surface area contributed by atoms with Gasteiger partial charge in [0.05, 0.1) is 38.3 Å². The normalized spacial score (nSPS) is 22.7. The Bertz CT molecular complexity index is 1110. The van der Waals surface area contributed by atoms with E-state index in [-0.39, 0.29) is 18.8 Å². The quantitative estimate of drug-likeness (QED) is 0.309. The molecule has 1 saturated heterocycles. The van der Waals surface area contributed by atoms with Crippen LogP contribution >= 0.6 is 0 Å². The summed E-state index contributed by atoms with van der Waals surface area (Å²) in [5.41, 5.74) is 4.86. The fraction of sp³-hybridized carbons (Fsp3) is 0.552. The maximum Gasteiger partial charge on any atom is 0.423 e. The average molecular weight is 530 g/mol. The summed E-state index contributed by atoms with van der Waals surface area (Å²) < 4.78 is 9.98. The molecule has 9 heteroatoms. The van der Waals surface area contributed by atoms with E-state index in [1.807, 2.05) is 26.0 Å². The number of ether oxygens (including phenoxy) is 2. The Morgan fingerprint density at radius 2 is 1.82 bits per heavy atom. The Kier molecular flexibility index (Phi) is 9.87. The van der Waals surface area contributed by atoms with Crippen LogP contribution < -0.4 is 0 Å². The van der Waals surface area contributed by atoms with E-state index in [1.54, 1.807) is 0 Å². The number of phenols is 1. The Hall–Kier alpha value is -3.01. The first-order chi connectivity index (χ1) is 18.1. The minimum atomic E-state index is -1.05. The van der Waals surface area contributed by atoms with Crippen LogP contribution in [0, 0.1) is 31.6 Å². The molecule has 0 spiro atoms. The number of allylic oxidation sites excluding steroid dienone is 1. The number of imide groups is 3. The van der Waals surface area contributed by atoms with Gasteiger partial charge in [0.15, 0.2) is 0 Å². The number of likely N-dealkylation sites (tertiary alicyclic amines) is 1. The lowest BCUT2D eigenvalue weighted by molar-refractivity contribution is -0.137. The molecule has 0 aromatic heterocycles. The number of aliphatic hydroxyl groups excluding tert-OH is 2. The summed E-state index contributed by atoms with van der Waals surface area (Å²) >= 11 is 0. The SMILES string of the molecule is CCC/C(=C\c1cc(C)c(O)c(C)c1)CC[C@@H](O)C1=C(COC)C[C@H]2C(=O)N(C(=O)OC)C(=O)[C@H]2[C@H]1CO. The fourth-order valence-corrected chi connectivity index (χ4v) is 5.91. The van der Waals surface area contributed by atoms with E-state index in [2.05, 4.69) is 17.7 Å². The first kappa shape index (κ1) is 29.5. The highest BCUT2D eigenvalue weighted by Gasteiger charge is 2.57. The summed E-state index contributed by atoms with van der Waals surface area (Å²) in [5, 5.41) is 31.8. The number of fused-ring (bicyclic) bond motifs is 1. The molecular formula is C29H39NO8. The van der Waals surface area contributed by atoms with Crippen molar-refractivity contribution in [1.82, 2.24) is 4.90 Å². The molecule has 0 bridgehead atoms. The van der Waals surface area contributed by atoms with Crippen molar-refractivity contribution in [1.29, 1.82) is 0 Å². The third-order valence-corrected chi connectivity index (χ3v) is 7.61. The summed E-state index contributed by atoms with van der Waals surface area (Å²) in [6.45, 7) is 5.46. The fourth-order valence-electron chi connectivity index (χ4n) is 5.91. The Morgan fingerprint density at radius 3 is 2.37 bits per heavy atom.